The van der Waals surface area contributed by atoms with Crippen LogP contribution in [0.1, 0.15) is 71.3 Å². The molecule has 0 spiro atoms. The van der Waals surface area contributed by atoms with Gasteiger partial charge >= 0.3 is 0 Å². The van der Waals surface area contributed by atoms with Crippen LogP contribution in [0.3, 0.4) is 0 Å². The van der Waals surface area contributed by atoms with Crippen LogP contribution in [-0.2, 0) is 15.3 Å². The summed E-state index contributed by atoms with van der Waals surface area (Å²) >= 11 is 0. The predicted octanol–water partition coefficient (Wildman–Crippen LogP) is 8.06. The van der Waals surface area contributed by atoms with E-state index in [0.29, 0.717) is 34.0 Å². The first-order valence-electron chi connectivity index (χ1n) is 12.9. The van der Waals surface area contributed by atoms with Crippen molar-refractivity contribution in [2.45, 2.75) is 75.0 Å². The van der Waals surface area contributed by atoms with Gasteiger partial charge in [0.15, 0.2) is 17.1 Å². The third-order valence-corrected chi connectivity index (χ3v) is 9.51. The first kappa shape index (κ1) is 25.2. The summed E-state index contributed by atoms with van der Waals surface area (Å²) in [5.41, 5.74) is 4.33. The number of sulfone groups is 1. The molecule has 5 aromatic rings. The second-order valence-corrected chi connectivity index (χ2v) is 11.9. The van der Waals surface area contributed by atoms with Gasteiger partial charge in [0.1, 0.15) is 11.0 Å². The third-order valence-electron chi connectivity index (χ3n) is 7.76. The Morgan fingerprint density at radius 1 is 0.838 bits per heavy atom. The van der Waals surface area contributed by atoms with Gasteiger partial charge < -0.3 is 8.83 Å². The number of hydrogen-bond donors (Lipinski definition) is 0. The van der Waals surface area contributed by atoms with Crippen LogP contribution in [0.2, 0.25) is 0 Å². The molecule has 0 bridgehead atoms. The average molecular weight is 517 g/mol. The summed E-state index contributed by atoms with van der Waals surface area (Å²) in [6, 6.07) is 17.9. The van der Waals surface area contributed by atoms with E-state index in [0.717, 1.165) is 24.8 Å². The zero-order chi connectivity index (χ0) is 26.4. The lowest BCUT2D eigenvalue weighted by molar-refractivity contribution is 0.439. The number of hydrogen-bond acceptors (Lipinski definition) is 6. The molecule has 3 aromatic carbocycles. The number of fused-ring (bicyclic) bond motifs is 2. The van der Waals surface area contributed by atoms with Gasteiger partial charge in [-0.15, -0.1) is 0 Å². The van der Waals surface area contributed by atoms with Gasteiger partial charge in [0.2, 0.25) is 15.7 Å². The molecule has 0 fully saturated rings. The van der Waals surface area contributed by atoms with Crippen LogP contribution in [0.4, 0.5) is 0 Å². The quantitative estimate of drug-likeness (QED) is 0.207. The van der Waals surface area contributed by atoms with Crippen LogP contribution >= 0.6 is 0 Å². The van der Waals surface area contributed by atoms with Crippen LogP contribution < -0.4 is 0 Å². The lowest BCUT2D eigenvalue weighted by Gasteiger charge is -2.27. The van der Waals surface area contributed by atoms with Crippen molar-refractivity contribution in [3.05, 3.63) is 72.1 Å². The summed E-state index contributed by atoms with van der Waals surface area (Å²) in [6.45, 7) is 10.7. The van der Waals surface area contributed by atoms with E-state index >= 15 is 0 Å². The number of rotatable bonds is 8. The first-order chi connectivity index (χ1) is 17.7. The van der Waals surface area contributed by atoms with Gasteiger partial charge in [0.25, 0.3) is 0 Å². The molecule has 0 aliphatic heterocycles. The summed E-state index contributed by atoms with van der Waals surface area (Å²) in [5.74, 6) is 1.25. The predicted molar refractivity (Wildman–Crippen MR) is 146 cm³/mol. The summed E-state index contributed by atoms with van der Waals surface area (Å²) in [4.78, 5) is 9.49. The molecule has 1 atom stereocenters. The number of nitrogens with zero attached hydrogens (tertiary/aromatic N) is 2. The molecule has 0 amide bonds. The van der Waals surface area contributed by atoms with Crippen molar-refractivity contribution < 1.29 is 17.3 Å². The summed E-state index contributed by atoms with van der Waals surface area (Å²) in [5, 5.41) is 0. The highest BCUT2D eigenvalue weighted by atomic mass is 32.2. The average Bonchev–Trinajstić information content (AvgIpc) is 3.55. The van der Waals surface area contributed by atoms with E-state index in [2.05, 4.69) is 49.8 Å². The van der Waals surface area contributed by atoms with Crippen molar-refractivity contribution in [1.82, 2.24) is 9.97 Å². The Balaban J connectivity index is 1.51. The van der Waals surface area contributed by atoms with Crippen molar-refractivity contribution in [3.8, 4) is 11.5 Å². The molecule has 0 aliphatic carbocycles. The standard InChI is InChI=1S/C30H32N2O4S/c1-6-19(4)28-31-24-17-22(12-14-26(24)35-28)37(33,34)23-13-15-27-25(18-23)32-29(36-27)20-10-9-11-21(16-20)30(5,7-2)8-3/h9-19H,6-8H2,1-5H3. The van der Waals surface area contributed by atoms with E-state index in [4.69, 9.17) is 8.83 Å². The second-order valence-electron chi connectivity index (χ2n) is 9.99. The summed E-state index contributed by atoms with van der Waals surface area (Å²) in [7, 11) is -3.79. The Kier molecular flexibility index (Phi) is 6.44. The van der Waals surface area contributed by atoms with Gasteiger partial charge in [0, 0.05) is 11.5 Å². The zero-order valence-electron chi connectivity index (χ0n) is 21.9. The lowest BCUT2D eigenvalue weighted by Crippen LogP contribution is -2.19. The molecule has 0 aliphatic rings. The van der Waals surface area contributed by atoms with Gasteiger partial charge in [-0.05, 0) is 78.8 Å². The molecular formula is C30H32N2O4S. The maximum Gasteiger partial charge on any atom is 0.227 e. The van der Waals surface area contributed by atoms with Crippen LogP contribution in [0.5, 0.6) is 0 Å². The molecule has 37 heavy (non-hydrogen) atoms. The van der Waals surface area contributed by atoms with E-state index in [1.54, 1.807) is 36.4 Å². The van der Waals surface area contributed by atoms with Crippen LogP contribution in [0.15, 0.2) is 79.3 Å². The molecule has 1 unspecified atom stereocenters. The largest absolute Gasteiger partial charge is 0.440 e. The van der Waals surface area contributed by atoms with E-state index in [-0.39, 0.29) is 21.1 Å². The van der Waals surface area contributed by atoms with Crippen LogP contribution in [0, 0.1) is 0 Å². The summed E-state index contributed by atoms with van der Waals surface area (Å²) in [6.07, 6.45) is 2.94. The first-order valence-corrected chi connectivity index (χ1v) is 14.3. The fraction of sp³-hybridized carbons (Fsp3) is 0.333. The van der Waals surface area contributed by atoms with Crippen molar-refractivity contribution in [2.75, 3.05) is 0 Å². The van der Waals surface area contributed by atoms with Crippen molar-refractivity contribution in [1.29, 1.82) is 0 Å². The highest BCUT2D eigenvalue weighted by Gasteiger charge is 2.24. The van der Waals surface area contributed by atoms with Crippen LogP contribution in [-0.4, -0.2) is 18.4 Å². The Hall–Kier alpha value is -3.45. The maximum absolute atomic E-state index is 13.5. The third kappa shape index (κ3) is 4.46. The Morgan fingerprint density at radius 2 is 1.46 bits per heavy atom. The smallest absolute Gasteiger partial charge is 0.227 e. The van der Waals surface area contributed by atoms with Gasteiger partial charge in [-0.1, -0.05) is 46.8 Å². The Labute approximate surface area is 217 Å². The molecule has 0 radical (unpaired) electrons. The molecule has 0 saturated heterocycles. The highest BCUT2D eigenvalue weighted by Crippen LogP contribution is 2.35. The monoisotopic (exact) mass is 516 g/mol. The minimum Gasteiger partial charge on any atom is -0.440 e. The maximum atomic E-state index is 13.5. The number of benzene rings is 3. The van der Waals surface area contributed by atoms with Gasteiger partial charge in [-0.3, -0.25) is 0 Å². The van der Waals surface area contributed by atoms with E-state index < -0.39 is 9.84 Å². The van der Waals surface area contributed by atoms with Crippen molar-refractivity contribution in [3.63, 3.8) is 0 Å². The van der Waals surface area contributed by atoms with Crippen molar-refractivity contribution >= 4 is 32.0 Å². The SMILES string of the molecule is CCC(C)c1nc2cc(S(=O)(=O)c3ccc4oc(-c5cccc(C(C)(CC)CC)c5)nc4c3)ccc2o1. The van der Waals surface area contributed by atoms with E-state index in [1.807, 2.05) is 19.1 Å². The Bertz CT molecular complexity index is 1690. The Morgan fingerprint density at radius 3 is 2.08 bits per heavy atom. The normalized spacial score (nSPS) is 13.4. The van der Waals surface area contributed by atoms with Gasteiger partial charge in [-0.25, -0.2) is 18.4 Å². The molecule has 2 aromatic heterocycles. The summed E-state index contributed by atoms with van der Waals surface area (Å²) < 4.78 is 38.8. The second kappa shape index (κ2) is 9.45. The van der Waals surface area contributed by atoms with Gasteiger partial charge in [-0.2, -0.15) is 0 Å². The molecule has 7 heteroatoms. The molecule has 6 nitrogen and oxygen atoms in total. The van der Waals surface area contributed by atoms with E-state index in [9.17, 15) is 8.42 Å². The molecular weight excluding hydrogens is 484 g/mol. The lowest BCUT2D eigenvalue weighted by atomic mass is 9.77. The number of aromatic nitrogens is 2. The van der Waals surface area contributed by atoms with Crippen molar-refractivity contribution in [2.24, 2.45) is 0 Å². The molecule has 0 N–H and O–H groups in total. The minimum atomic E-state index is -3.79. The molecule has 5 rings (SSSR count). The zero-order valence-corrected chi connectivity index (χ0v) is 22.7. The van der Waals surface area contributed by atoms with Gasteiger partial charge in [0.05, 0.1) is 9.79 Å². The molecule has 192 valence electrons. The highest BCUT2D eigenvalue weighted by molar-refractivity contribution is 7.91. The minimum absolute atomic E-state index is 0.0730. The topological polar surface area (TPSA) is 86.2 Å². The fourth-order valence-corrected chi connectivity index (χ4v) is 5.80. The van der Waals surface area contributed by atoms with Crippen LogP contribution in [0.25, 0.3) is 33.7 Å². The molecule has 2 heterocycles. The van der Waals surface area contributed by atoms with E-state index in [1.165, 1.54) is 5.56 Å². The number of oxazole rings is 2. The molecule has 0 saturated carbocycles. The fourth-order valence-electron chi connectivity index (χ4n) is 4.50.